The molecule has 29 heavy (non-hydrogen) atoms. The maximum atomic E-state index is 13.2. The first-order chi connectivity index (χ1) is 14.2. The smallest absolute Gasteiger partial charge is 0.252 e. The maximum absolute atomic E-state index is 13.2. The Morgan fingerprint density at radius 2 is 1.93 bits per heavy atom. The molecule has 1 N–H and O–H groups in total. The lowest BCUT2D eigenvalue weighted by Gasteiger charge is -2.14. The second-order valence-corrected chi connectivity index (χ2v) is 8.29. The van der Waals surface area contributed by atoms with Gasteiger partial charge in [-0.2, -0.15) is 0 Å². The van der Waals surface area contributed by atoms with E-state index in [1.54, 1.807) is 12.1 Å². The van der Waals surface area contributed by atoms with Crippen molar-refractivity contribution in [2.24, 2.45) is 0 Å². The number of nitrogens with one attached hydrogen (secondary N) is 1. The van der Waals surface area contributed by atoms with Gasteiger partial charge in [0.1, 0.15) is 10.8 Å². The quantitative estimate of drug-likeness (QED) is 0.500. The Morgan fingerprint density at radius 3 is 2.72 bits per heavy atom. The minimum absolute atomic E-state index is 0.0824. The Bertz CT molecular complexity index is 1050. The summed E-state index contributed by atoms with van der Waals surface area (Å²) in [6.45, 7) is 0.641. The van der Waals surface area contributed by atoms with Gasteiger partial charge < -0.3 is 5.32 Å². The molecule has 2 aromatic carbocycles. The highest BCUT2D eigenvalue weighted by molar-refractivity contribution is 7.99. The van der Waals surface area contributed by atoms with Crippen LogP contribution in [0, 0.1) is 5.82 Å². The van der Waals surface area contributed by atoms with E-state index >= 15 is 0 Å². The van der Waals surface area contributed by atoms with Gasteiger partial charge in [0.25, 0.3) is 5.91 Å². The van der Waals surface area contributed by atoms with Gasteiger partial charge in [-0.3, -0.25) is 4.79 Å². The van der Waals surface area contributed by atoms with Crippen molar-refractivity contribution in [3.8, 4) is 0 Å². The second-order valence-electron chi connectivity index (χ2n) is 7.20. The van der Waals surface area contributed by atoms with Crippen LogP contribution in [0.5, 0.6) is 0 Å². The number of hydrogen-bond acceptors (Lipinski definition) is 3. The molecule has 0 radical (unpaired) electrons. The van der Waals surface area contributed by atoms with Crippen LogP contribution in [0.4, 0.5) is 4.39 Å². The third kappa shape index (κ3) is 5.04. The molecule has 0 spiro atoms. The molecule has 1 aliphatic rings. The summed E-state index contributed by atoms with van der Waals surface area (Å²) in [6.07, 6.45) is 8.04. The summed E-state index contributed by atoms with van der Waals surface area (Å²) in [5.74, 6) is -0.352. The number of carbonyl (C=O) groups is 1. The van der Waals surface area contributed by atoms with Crippen LogP contribution in [0.1, 0.15) is 42.5 Å². The van der Waals surface area contributed by atoms with Gasteiger partial charge in [-0.1, -0.05) is 41.6 Å². The van der Waals surface area contributed by atoms with Crippen molar-refractivity contribution in [1.82, 2.24) is 10.3 Å². The van der Waals surface area contributed by atoms with E-state index in [0.717, 1.165) is 40.1 Å². The summed E-state index contributed by atoms with van der Waals surface area (Å²) in [4.78, 5) is 18.5. The van der Waals surface area contributed by atoms with Crippen LogP contribution in [0.2, 0.25) is 0 Å². The second kappa shape index (κ2) is 9.23. The van der Waals surface area contributed by atoms with Gasteiger partial charge in [0.05, 0.1) is 11.1 Å². The number of amides is 1. The van der Waals surface area contributed by atoms with Gasteiger partial charge in [-0.15, -0.1) is 0 Å². The van der Waals surface area contributed by atoms with Crippen LogP contribution in [-0.2, 0) is 0 Å². The molecule has 1 aliphatic carbocycles. The van der Waals surface area contributed by atoms with E-state index in [9.17, 15) is 9.18 Å². The molecule has 1 amide bonds. The molecule has 3 nitrogen and oxygen atoms in total. The summed E-state index contributed by atoms with van der Waals surface area (Å²) >= 11 is 1.42. The first-order valence-electron chi connectivity index (χ1n) is 9.98. The Kier molecular flexibility index (Phi) is 6.25. The van der Waals surface area contributed by atoms with Crippen LogP contribution < -0.4 is 5.32 Å². The van der Waals surface area contributed by atoms with E-state index in [2.05, 4.69) is 16.4 Å². The van der Waals surface area contributed by atoms with E-state index in [4.69, 9.17) is 0 Å². The highest BCUT2D eigenvalue weighted by Crippen LogP contribution is 2.30. The molecular weight excluding hydrogens is 383 g/mol. The van der Waals surface area contributed by atoms with Gasteiger partial charge in [0.15, 0.2) is 0 Å². The highest BCUT2D eigenvalue weighted by Gasteiger charge is 2.14. The third-order valence-corrected chi connectivity index (χ3v) is 6.02. The van der Waals surface area contributed by atoms with Gasteiger partial charge in [0.2, 0.25) is 0 Å². The van der Waals surface area contributed by atoms with E-state index < -0.39 is 0 Å². The first kappa shape index (κ1) is 19.6. The molecule has 0 saturated carbocycles. The number of benzene rings is 2. The van der Waals surface area contributed by atoms with Crippen molar-refractivity contribution < 1.29 is 9.18 Å². The van der Waals surface area contributed by atoms with Crippen molar-refractivity contribution in [3.63, 3.8) is 0 Å². The molecule has 4 rings (SSSR count). The Morgan fingerprint density at radius 1 is 1.10 bits per heavy atom. The van der Waals surface area contributed by atoms with Gasteiger partial charge in [-0.05, 0) is 68.5 Å². The van der Waals surface area contributed by atoms with Crippen molar-refractivity contribution in [3.05, 3.63) is 77.6 Å². The lowest BCUT2D eigenvalue weighted by Crippen LogP contribution is -2.25. The fraction of sp³-hybridized carbons (Fsp3) is 0.250. The number of hydrogen-bond donors (Lipinski definition) is 1. The average Bonchev–Trinajstić information content (AvgIpc) is 2.75. The molecular formula is C24H23FN2OS. The van der Waals surface area contributed by atoms with Crippen molar-refractivity contribution in [1.29, 1.82) is 0 Å². The average molecular weight is 407 g/mol. The topological polar surface area (TPSA) is 42.0 Å². The summed E-state index contributed by atoms with van der Waals surface area (Å²) in [5, 5.41) is 4.63. The predicted molar refractivity (Wildman–Crippen MR) is 116 cm³/mol. The molecule has 0 unspecified atom stereocenters. The van der Waals surface area contributed by atoms with Crippen LogP contribution >= 0.6 is 11.8 Å². The van der Waals surface area contributed by atoms with Crippen LogP contribution in [0.3, 0.4) is 0 Å². The fourth-order valence-electron chi connectivity index (χ4n) is 3.58. The number of rotatable bonds is 6. The zero-order valence-corrected chi connectivity index (χ0v) is 17.0. The molecule has 1 heterocycles. The Balaban J connectivity index is 1.54. The molecule has 1 aromatic heterocycles. The molecule has 148 valence electrons. The molecule has 0 bridgehead atoms. The molecule has 0 atom stereocenters. The number of pyridine rings is 1. The van der Waals surface area contributed by atoms with Gasteiger partial charge in [0, 0.05) is 16.8 Å². The zero-order valence-electron chi connectivity index (χ0n) is 16.2. The fourth-order valence-corrected chi connectivity index (χ4v) is 4.41. The van der Waals surface area contributed by atoms with Crippen molar-refractivity contribution in [2.45, 2.75) is 42.0 Å². The number of para-hydroxylation sites is 1. The van der Waals surface area contributed by atoms with Crippen LogP contribution in [-0.4, -0.2) is 17.4 Å². The Labute approximate surface area is 174 Å². The zero-order chi connectivity index (χ0) is 20.1. The normalized spacial score (nSPS) is 13.9. The van der Waals surface area contributed by atoms with Gasteiger partial charge >= 0.3 is 0 Å². The number of allylic oxidation sites excluding steroid dienone is 1. The summed E-state index contributed by atoms with van der Waals surface area (Å²) < 4.78 is 13.2. The number of nitrogens with zero attached hydrogens (tertiary/aromatic N) is 1. The summed E-state index contributed by atoms with van der Waals surface area (Å²) in [5.41, 5.74) is 2.85. The third-order valence-electron chi connectivity index (χ3n) is 5.09. The lowest BCUT2D eigenvalue weighted by atomic mass is 9.97. The highest BCUT2D eigenvalue weighted by atomic mass is 32.2. The molecule has 0 saturated heterocycles. The maximum Gasteiger partial charge on any atom is 0.252 e. The number of fused-ring (bicyclic) bond motifs is 1. The van der Waals surface area contributed by atoms with E-state index in [1.165, 1.54) is 42.3 Å². The monoisotopic (exact) mass is 406 g/mol. The lowest BCUT2D eigenvalue weighted by molar-refractivity contribution is 0.0955. The number of carbonyl (C=O) groups excluding carboxylic acids is 1. The van der Waals surface area contributed by atoms with Crippen molar-refractivity contribution >= 4 is 28.6 Å². The molecule has 3 aromatic rings. The molecule has 0 aliphatic heterocycles. The van der Waals surface area contributed by atoms with E-state index in [-0.39, 0.29) is 11.7 Å². The first-order valence-corrected chi connectivity index (χ1v) is 10.8. The SMILES string of the molecule is O=C(NCCC1=CCCCC1)c1cc(Sc2ccc(F)cc2)nc2ccccc12. The minimum atomic E-state index is -0.269. The molecule has 0 fully saturated rings. The molecule has 5 heteroatoms. The van der Waals surface area contributed by atoms with Crippen molar-refractivity contribution in [2.75, 3.05) is 6.54 Å². The standard InChI is InChI=1S/C24H23FN2OS/c25-18-10-12-19(13-11-18)29-23-16-21(20-8-4-5-9-22(20)27-23)24(28)26-15-14-17-6-2-1-3-7-17/h4-6,8-13,16H,1-3,7,14-15H2,(H,26,28). The number of aromatic nitrogens is 1. The van der Waals surface area contributed by atoms with E-state index in [1.807, 2.05) is 30.3 Å². The predicted octanol–water partition coefficient (Wildman–Crippen LogP) is 6.15. The van der Waals surface area contributed by atoms with E-state index in [0.29, 0.717) is 12.1 Å². The largest absolute Gasteiger partial charge is 0.352 e. The summed E-state index contributed by atoms with van der Waals surface area (Å²) in [6, 6.07) is 15.8. The van der Waals surface area contributed by atoms with Crippen LogP contribution in [0.15, 0.2) is 76.2 Å². The van der Waals surface area contributed by atoms with Crippen LogP contribution in [0.25, 0.3) is 10.9 Å². The van der Waals surface area contributed by atoms with Gasteiger partial charge in [-0.25, -0.2) is 9.37 Å². The minimum Gasteiger partial charge on any atom is -0.352 e. The Hall–Kier alpha value is -2.66. The number of halogens is 1. The summed E-state index contributed by atoms with van der Waals surface area (Å²) in [7, 11) is 0.